The van der Waals surface area contributed by atoms with Gasteiger partial charge in [0.05, 0.1) is 6.61 Å². The van der Waals surface area contributed by atoms with Gasteiger partial charge in [-0.15, -0.1) is 0 Å². The summed E-state index contributed by atoms with van der Waals surface area (Å²) in [6, 6.07) is 4.99. The Hall–Kier alpha value is -1.55. The Bertz CT molecular complexity index is 594. The lowest BCUT2D eigenvalue weighted by Crippen LogP contribution is -2.42. The van der Waals surface area contributed by atoms with Crippen molar-refractivity contribution in [1.29, 1.82) is 0 Å². The highest BCUT2D eigenvalue weighted by atomic mass is 35.5. The molecule has 4 nitrogen and oxygen atoms in total. The SMILES string of the molecule is CCCCCCCOC(=O)C(CC)(CC)C(=O)Oc1ccc(Cl)c(C)c1. The molecule has 0 aliphatic rings. The number of halogens is 1. The van der Waals surface area contributed by atoms with Crippen LogP contribution in [0.1, 0.15) is 71.3 Å². The lowest BCUT2D eigenvalue weighted by Gasteiger charge is -2.26. The maximum absolute atomic E-state index is 12.8. The average Bonchev–Trinajstić information content (AvgIpc) is 2.62. The molecule has 0 unspecified atom stereocenters. The number of benzene rings is 1. The molecular weight excluding hydrogens is 352 g/mol. The summed E-state index contributed by atoms with van der Waals surface area (Å²) < 4.78 is 10.9. The Labute approximate surface area is 162 Å². The molecule has 0 amide bonds. The number of aryl methyl sites for hydroxylation is 1. The largest absolute Gasteiger partial charge is 0.465 e. The van der Waals surface area contributed by atoms with Gasteiger partial charge in [-0.25, -0.2) is 0 Å². The van der Waals surface area contributed by atoms with Crippen LogP contribution in [0.3, 0.4) is 0 Å². The van der Waals surface area contributed by atoms with Crippen LogP contribution in [0, 0.1) is 12.3 Å². The molecule has 0 bridgehead atoms. The number of carbonyl (C=O) groups is 2. The van der Waals surface area contributed by atoms with Crippen LogP contribution in [0.2, 0.25) is 5.02 Å². The van der Waals surface area contributed by atoms with Crippen LogP contribution < -0.4 is 4.74 Å². The van der Waals surface area contributed by atoms with Gasteiger partial charge in [-0.3, -0.25) is 9.59 Å². The molecule has 0 fully saturated rings. The topological polar surface area (TPSA) is 52.6 Å². The lowest BCUT2D eigenvalue weighted by atomic mass is 9.82. The number of esters is 2. The van der Waals surface area contributed by atoms with Gasteiger partial charge in [-0.05, 0) is 49.9 Å². The second kappa shape index (κ2) is 11.2. The summed E-state index contributed by atoms with van der Waals surface area (Å²) in [4.78, 5) is 25.4. The van der Waals surface area contributed by atoms with Crippen molar-refractivity contribution in [1.82, 2.24) is 0 Å². The molecular formula is C21H31ClO4. The van der Waals surface area contributed by atoms with E-state index in [-0.39, 0.29) is 0 Å². The number of hydrogen-bond donors (Lipinski definition) is 0. The molecule has 1 rings (SSSR count). The Morgan fingerprint density at radius 2 is 1.65 bits per heavy atom. The molecule has 0 aliphatic carbocycles. The molecule has 146 valence electrons. The summed E-state index contributed by atoms with van der Waals surface area (Å²) in [6.45, 7) is 7.95. The first-order valence-electron chi connectivity index (χ1n) is 9.56. The van der Waals surface area contributed by atoms with Crippen molar-refractivity contribution < 1.29 is 19.1 Å². The zero-order valence-electron chi connectivity index (χ0n) is 16.4. The second-order valence-electron chi connectivity index (χ2n) is 6.64. The summed E-state index contributed by atoms with van der Waals surface area (Å²) in [5, 5.41) is 0.601. The molecule has 0 N–H and O–H groups in total. The Morgan fingerprint density at radius 3 is 2.23 bits per heavy atom. The van der Waals surface area contributed by atoms with E-state index in [0.29, 0.717) is 30.2 Å². The minimum atomic E-state index is -1.27. The van der Waals surface area contributed by atoms with Crippen molar-refractivity contribution in [2.75, 3.05) is 6.61 Å². The molecule has 0 aromatic heterocycles. The van der Waals surface area contributed by atoms with E-state index >= 15 is 0 Å². The van der Waals surface area contributed by atoms with E-state index in [1.165, 1.54) is 12.8 Å². The van der Waals surface area contributed by atoms with E-state index in [1.807, 2.05) is 6.92 Å². The zero-order valence-corrected chi connectivity index (χ0v) is 17.2. The normalized spacial score (nSPS) is 11.3. The van der Waals surface area contributed by atoms with Gasteiger partial charge in [-0.2, -0.15) is 0 Å². The van der Waals surface area contributed by atoms with Gasteiger partial charge in [0.25, 0.3) is 0 Å². The maximum Gasteiger partial charge on any atom is 0.328 e. The quantitative estimate of drug-likeness (QED) is 0.208. The first-order valence-corrected chi connectivity index (χ1v) is 9.94. The Morgan fingerprint density at radius 1 is 1.00 bits per heavy atom. The first-order chi connectivity index (χ1) is 12.4. The van der Waals surface area contributed by atoms with Crippen LogP contribution in [0.4, 0.5) is 0 Å². The van der Waals surface area contributed by atoms with Gasteiger partial charge in [0.2, 0.25) is 0 Å². The summed E-state index contributed by atoms with van der Waals surface area (Å²) in [7, 11) is 0. The van der Waals surface area contributed by atoms with Crippen molar-refractivity contribution in [3.8, 4) is 5.75 Å². The zero-order chi connectivity index (χ0) is 19.6. The molecule has 0 saturated carbocycles. The van der Waals surface area contributed by atoms with E-state index in [0.717, 1.165) is 24.8 Å². The van der Waals surface area contributed by atoms with Gasteiger partial charge in [-0.1, -0.05) is 58.1 Å². The molecule has 0 atom stereocenters. The molecule has 0 heterocycles. The van der Waals surface area contributed by atoms with E-state index in [1.54, 1.807) is 32.0 Å². The van der Waals surface area contributed by atoms with Crippen molar-refractivity contribution >= 4 is 23.5 Å². The van der Waals surface area contributed by atoms with Crippen LogP contribution in [-0.2, 0) is 14.3 Å². The van der Waals surface area contributed by atoms with Crippen molar-refractivity contribution in [2.45, 2.75) is 72.6 Å². The van der Waals surface area contributed by atoms with Crippen LogP contribution in [0.15, 0.2) is 18.2 Å². The summed E-state index contributed by atoms with van der Waals surface area (Å²) in [5.41, 5.74) is -0.457. The fourth-order valence-electron chi connectivity index (χ4n) is 2.80. The number of carbonyl (C=O) groups excluding carboxylic acids is 2. The molecule has 0 aliphatic heterocycles. The van der Waals surface area contributed by atoms with Crippen LogP contribution >= 0.6 is 11.6 Å². The highest BCUT2D eigenvalue weighted by Gasteiger charge is 2.46. The third-order valence-electron chi connectivity index (χ3n) is 4.81. The molecule has 1 aromatic rings. The molecule has 0 radical (unpaired) electrons. The molecule has 1 aromatic carbocycles. The van der Waals surface area contributed by atoms with Crippen molar-refractivity contribution in [3.63, 3.8) is 0 Å². The fraction of sp³-hybridized carbons (Fsp3) is 0.619. The molecule has 0 saturated heterocycles. The van der Waals surface area contributed by atoms with Gasteiger partial charge < -0.3 is 9.47 Å². The fourth-order valence-corrected chi connectivity index (χ4v) is 2.92. The standard InChI is InChI=1S/C21H31ClO4/c1-5-8-9-10-11-14-25-19(23)21(6-2,7-3)20(24)26-17-12-13-18(22)16(4)15-17/h12-13,15H,5-11,14H2,1-4H3. The second-order valence-corrected chi connectivity index (χ2v) is 7.05. The third kappa shape index (κ3) is 6.01. The van der Waals surface area contributed by atoms with Crippen molar-refractivity contribution in [3.05, 3.63) is 28.8 Å². The van der Waals surface area contributed by atoms with E-state index in [2.05, 4.69) is 6.92 Å². The predicted octanol–water partition coefficient (Wildman–Crippen LogP) is 5.87. The minimum absolute atomic E-state index is 0.337. The van der Waals surface area contributed by atoms with E-state index in [9.17, 15) is 9.59 Å². The monoisotopic (exact) mass is 382 g/mol. The van der Waals surface area contributed by atoms with Gasteiger partial charge in [0.1, 0.15) is 5.75 Å². The average molecular weight is 383 g/mol. The number of hydrogen-bond acceptors (Lipinski definition) is 4. The van der Waals surface area contributed by atoms with Gasteiger partial charge in [0, 0.05) is 5.02 Å². The summed E-state index contributed by atoms with van der Waals surface area (Å²) >= 11 is 6.00. The minimum Gasteiger partial charge on any atom is -0.465 e. The van der Waals surface area contributed by atoms with Crippen LogP contribution in [0.5, 0.6) is 5.75 Å². The Balaban J connectivity index is 2.72. The lowest BCUT2D eigenvalue weighted by molar-refractivity contribution is -0.168. The highest BCUT2D eigenvalue weighted by Crippen LogP contribution is 2.32. The summed E-state index contributed by atoms with van der Waals surface area (Å²) in [6.07, 6.45) is 6.02. The van der Waals surface area contributed by atoms with Crippen molar-refractivity contribution in [2.24, 2.45) is 5.41 Å². The maximum atomic E-state index is 12.8. The molecule has 0 spiro atoms. The van der Waals surface area contributed by atoms with Crippen LogP contribution in [0.25, 0.3) is 0 Å². The summed E-state index contributed by atoms with van der Waals surface area (Å²) in [5.74, 6) is -0.676. The van der Waals surface area contributed by atoms with E-state index < -0.39 is 17.4 Å². The third-order valence-corrected chi connectivity index (χ3v) is 5.23. The van der Waals surface area contributed by atoms with Gasteiger partial charge >= 0.3 is 11.9 Å². The number of unbranched alkanes of at least 4 members (excludes halogenated alkanes) is 4. The predicted molar refractivity (Wildman–Crippen MR) is 105 cm³/mol. The number of ether oxygens (including phenoxy) is 2. The van der Waals surface area contributed by atoms with Gasteiger partial charge in [0.15, 0.2) is 5.41 Å². The Kier molecular flexibility index (Phi) is 9.71. The highest BCUT2D eigenvalue weighted by molar-refractivity contribution is 6.31. The van der Waals surface area contributed by atoms with E-state index in [4.69, 9.17) is 21.1 Å². The number of rotatable bonds is 11. The molecule has 5 heteroatoms. The first kappa shape index (κ1) is 22.5. The van der Waals surface area contributed by atoms with Crippen LogP contribution in [-0.4, -0.2) is 18.5 Å². The molecule has 26 heavy (non-hydrogen) atoms. The smallest absolute Gasteiger partial charge is 0.328 e.